The molecule has 0 saturated carbocycles. The van der Waals surface area contributed by atoms with Gasteiger partial charge in [0.05, 0.1) is 11.4 Å². The van der Waals surface area contributed by atoms with E-state index in [0.717, 1.165) is 29.1 Å². The molecule has 0 aromatic heterocycles. The van der Waals surface area contributed by atoms with Gasteiger partial charge in [0.15, 0.2) is 0 Å². The summed E-state index contributed by atoms with van der Waals surface area (Å²) in [7, 11) is -1.57. The van der Waals surface area contributed by atoms with E-state index in [0.29, 0.717) is 12.1 Å². The van der Waals surface area contributed by atoms with Crippen LogP contribution in [0.25, 0.3) is 0 Å². The Bertz CT molecular complexity index is 821. The zero-order chi connectivity index (χ0) is 17.2. The molecule has 1 aliphatic heterocycles. The first-order chi connectivity index (χ1) is 11.5. The SMILES string of the molecule is CNCCCC1Sc2ccccc2N(c2cccc(C)c2)S1(=O)=O. The quantitative estimate of drug-likeness (QED) is 0.820. The Balaban J connectivity index is 2.07. The Labute approximate surface area is 148 Å². The fourth-order valence-electron chi connectivity index (χ4n) is 2.88. The number of nitrogens with zero attached hydrogens (tertiary/aromatic N) is 1. The highest BCUT2D eigenvalue weighted by atomic mass is 32.3. The van der Waals surface area contributed by atoms with Crippen molar-refractivity contribution < 1.29 is 8.42 Å². The number of thioether (sulfide) groups is 1. The standard InChI is InChI=1S/C18H22N2O2S2/c1-14-7-5-8-15(13-14)20-16-9-3-4-10-17(16)23-18(24(20,21)22)11-6-12-19-2/h3-5,7-10,13,18-19H,6,11-12H2,1-2H3. The van der Waals surface area contributed by atoms with Gasteiger partial charge in [-0.25, -0.2) is 12.7 Å². The maximum atomic E-state index is 13.3. The molecule has 2 aromatic carbocycles. The van der Waals surface area contributed by atoms with E-state index in [1.807, 2.05) is 62.5 Å². The van der Waals surface area contributed by atoms with Crippen molar-refractivity contribution in [2.45, 2.75) is 29.2 Å². The minimum absolute atomic E-state index is 0.457. The highest BCUT2D eigenvalue weighted by Gasteiger charge is 2.39. The molecular formula is C18H22N2O2S2. The summed E-state index contributed by atoms with van der Waals surface area (Å²) in [4.78, 5) is 1.02. The second-order valence-electron chi connectivity index (χ2n) is 5.91. The van der Waals surface area contributed by atoms with Crippen molar-refractivity contribution in [1.82, 2.24) is 5.32 Å². The van der Waals surface area contributed by atoms with E-state index in [1.165, 1.54) is 16.1 Å². The van der Waals surface area contributed by atoms with Crippen molar-refractivity contribution in [3.8, 4) is 0 Å². The van der Waals surface area contributed by atoms with Gasteiger partial charge in [0.1, 0.15) is 4.58 Å². The Morgan fingerprint density at radius 2 is 1.96 bits per heavy atom. The van der Waals surface area contributed by atoms with Gasteiger partial charge in [0.2, 0.25) is 0 Å². The first-order valence-corrected chi connectivity index (χ1v) is 10.4. The zero-order valence-corrected chi connectivity index (χ0v) is 15.5. The zero-order valence-electron chi connectivity index (χ0n) is 13.9. The van der Waals surface area contributed by atoms with Crippen LogP contribution in [-0.4, -0.2) is 26.6 Å². The molecule has 2 aromatic rings. The molecule has 128 valence electrons. The van der Waals surface area contributed by atoms with Crippen molar-refractivity contribution in [3.05, 3.63) is 54.1 Å². The maximum Gasteiger partial charge on any atom is 0.252 e. The lowest BCUT2D eigenvalue weighted by Gasteiger charge is -2.35. The minimum Gasteiger partial charge on any atom is -0.320 e. The van der Waals surface area contributed by atoms with Crippen molar-refractivity contribution in [2.75, 3.05) is 17.9 Å². The average Bonchev–Trinajstić information content (AvgIpc) is 2.55. The number of rotatable bonds is 5. The molecule has 4 nitrogen and oxygen atoms in total. The molecule has 24 heavy (non-hydrogen) atoms. The lowest BCUT2D eigenvalue weighted by molar-refractivity contribution is 0.584. The summed E-state index contributed by atoms with van der Waals surface area (Å²) in [5.74, 6) is 0. The van der Waals surface area contributed by atoms with Crippen molar-refractivity contribution in [1.29, 1.82) is 0 Å². The van der Waals surface area contributed by atoms with Crippen molar-refractivity contribution in [2.24, 2.45) is 0 Å². The van der Waals surface area contributed by atoms with Gasteiger partial charge in [-0.2, -0.15) is 0 Å². The number of aryl methyl sites for hydroxylation is 1. The van der Waals surface area contributed by atoms with Gasteiger partial charge in [0.25, 0.3) is 10.0 Å². The largest absolute Gasteiger partial charge is 0.320 e. The molecule has 0 saturated heterocycles. The molecule has 0 bridgehead atoms. The monoisotopic (exact) mass is 362 g/mol. The summed E-state index contributed by atoms with van der Waals surface area (Å²) in [6.07, 6.45) is 1.46. The number of para-hydroxylation sites is 1. The Morgan fingerprint density at radius 1 is 1.17 bits per heavy atom. The predicted octanol–water partition coefficient (Wildman–Crippen LogP) is 3.89. The van der Waals surface area contributed by atoms with Crippen LogP contribution in [0, 0.1) is 6.92 Å². The first kappa shape index (κ1) is 17.3. The van der Waals surface area contributed by atoms with Crippen LogP contribution in [0.5, 0.6) is 0 Å². The second-order valence-corrected chi connectivity index (χ2v) is 9.42. The predicted molar refractivity (Wildman–Crippen MR) is 101 cm³/mol. The number of anilines is 2. The van der Waals surface area contributed by atoms with E-state index in [9.17, 15) is 8.42 Å². The van der Waals surface area contributed by atoms with E-state index in [-0.39, 0.29) is 0 Å². The molecule has 0 spiro atoms. The molecular weight excluding hydrogens is 340 g/mol. The summed E-state index contributed by atoms with van der Waals surface area (Å²) in [5.41, 5.74) is 2.50. The number of sulfonamides is 1. The molecule has 1 aliphatic rings. The van der Waals surface area contributed by atoms with Gasteiger partial charge in [-0.1, -0.05) is 24.3 Å². The molecule has 0 amide bonds. The van der Waals surface area contributed by atoms with Gasteiger partial charge >= 0.3 is 0 Å². The summed E-state index contributed by atoms with van der Waals surface area (Å²) in [5, 5.41) is 3.09. The number of hydrogen-bond donors (Lipinski definition) is 1. The molecule has 0 radical (unpaired) electrons. The van der Waals surface area contributed by atoms with Crippen LogP contribution < -0.4 is 9.62 Å². The number of hydrogen-bond acceptors (Lipinski definition) is 4. The molecule has 0 aliphatic carbocycles. The Kier molecular flexibility index (Phi) is 5.18. The summed E-state index contributed by atoms with van der Waals surface area (Å²) < 4.78 is 27.6. The normalized spacial score (nSPS) is 19.1. The average molecular weight is 363 g/mol. The highest BCUT2D eigenvalue weighted by molar-refractivity contribution is 8.14. The third-order valence-corrected chi connectivity index (χ3v) is 7.96. The highest BCUT2D eigenvalue weighted by Crippen LogP contribution is 2.47. The van der Waals surface area contributed by atoms with Crippen LogP contribution in [0.15, 0.2) is 53.4 Å². The van der Waals surface area contributed by atoms with Crippen LogP contribution >= 0.6 is 11.8 Å². The minimum atomic E-state index is -3.46. The second kappa shape index (κ2) is 7.17. The molecule has 3 rings (SSSR count). The van der Waals surface area contributed by atoms with Gasteiger partial charge < -0.3 is 5.32 Å². The van der Waals surface area contributed by atoms with Crippen LogP contribution in [0.1, 0.15) is 18.4 Å². The van der Waals surface area contributed by atoms with Crippen LogP contribution in [0.2, 0.25) is 0 Å². The summed E-state index contributed by atoms with van der Waals surface area (Å²) in [6.45, 7) is 2.80. The number of nitrogens with one attached hydrogen (secondary N) is 1. The van der Waals surface area contributed by atoms with Gasteiger partial charge in [-0.05, 0) is 63.2 Å². The summed E-state index contributed by atoms with van der Waals surface area (Å²) in [6, 6.07) is 15.4. The lowest BCUT2D eigenvalue weighted by Crippen LogP contribution is -2.37. The third kappa shape index (κ3) is 3.31. The van der Waals surface area contributed by atoms with Crippen LogP contribution in [0.4, 0.5) is 11.4 Å². The fourth-order valence-corrected chi connectivity index (χ4v) is 6.53. The number of benzene rings is 2. The topological polar surface area (TPSA) is 49.4 Å². The smallest absolute Gasteiger partial charge is 0.252 e. The van der Waals surface area contributed by atoms with Crippen molar-refractivity contribution >= 4 is 33.2 Å². The fraction of sp³-hybridized carbons (Fsp3) is 0.333. The number of fused-ring (bicyclic) bond motifs is 1. The molecule has 1 atom stereocenters. The van der Waals surface area contributed by atoms with Gasteiger partial charge in [-0.3, -0.25) is 0 Å². The molecule has 6 heteroatoms. The van der Waals surface area contributed by atoms with Crippen molar-refractivity contribution in [3.63, 3.8) is 0 Å². The van der Waals surface area contributed by atoms with Gasteiger partial charge in [0, 0.05) is 4.90 Å². The lowest BCUT2D eigenvalue weighted by atomic mass is 10.2. The van der Waals surface area contributed by atoms with E-state index >= 15 is 0 Å². The van der Waals surface area contributed by atoms with Gasteiger partial charge in [-0.15, -0.1) is 11.8 Å². The molecule has 0 fully saturated rings. The summed E-state index contributed by atoms with van der Waals surface area (Å²) >= 11 is 1.46. The van der Waals surface area contributed by atoms with E-state index in [1.54, 1.807) is 0 Å². The molecule has 1 heterocycles. The third-order valence-electron chi connectivity index (χ3n) is 4.03. The van der Waals surface area contributed by atoms with E-state index < -0.39 is 14.6 Å². The molecule has 1 N–H and O–H groups in total. The molecule has 1 unspecified atom stereocenters. The van der Waals surface area contributed by atoms with Crippen LogP contribution in [-0.2, 0) is 10.0 Å². The Hall–Kier alpha value is -1.50. The van der Waals surface area contributed by atoms with E-state index in [2.05, 4.69) is 5.32 Å². The van der Waals surface area contributed by atoms with Crippen LogP contribution in [0.3, 0.4) is 0 Å². The maximum absolute atomic E-state index is 13.3. The first-order valence-electron chi connectivity index (χ1n) is 8.05. The Morgan fingerprint density at radius 3 is 2.71 bits per heavy atom. The van der Waals surface area contributed by atoms with E-state index in [4.69, 9.17) is 0 Å².